The van der Waals surface area contributed by atoms with E-state index in [-0.39, 0.29) is 0 Å². The zero-order valence-corrected chi connectivity index (χ0v) is 7.53. The maximum absolute atomic E-state index is 5.29. The SMILES string of the molecule is C1=Cc2c(ccc3ccccc23)ON1. The zero-order chi connectivity index (χ0) is 9.38. The molecule has 68 valence electrons. The Morgan fingerprint density at radius 2 is 1.93 bits per heavy atom. The Bertz CT molecular complexity index is 517. The highest BCUT2D eigenvalue weighted by atomic mass is 16.6. The number of hydrogen-bond donors (Lipinski definition) is 1. The topological polar surface area (TPSA) is 21.3 Å². The second kappa shape index (κ2) is 2.77. The molecule has 2 heteroatoms. The summed E-state index contributed by atoms with van der Waals surface area (Å²) in [5.74, 6) is 0.881. The zero-order valence-electron chi connectivity index (χ0n) is 7.53. The summed E-state index contributed by atoms with van der Waals surface area (Å²) in [6.45, 7) is 0. The van der Waals surface area contributed by atoms with Crippen molar-refractivity contribution in [1.82, 2.24) is 5.48 Å². The average Bonchev–Trinajstić information content (AvgIpc) is 2.29. The third-order valence-corrected chi connectivity index (χ3v) is 2.42. The molecule has 3 rings (SSSR count). The fraction of sp³-hybridized carbons (Fsp3) is 0. The van der Waals surface area contributed by atoms with Crippen LogP contribution in [-0.2, 0) is 0 Å². The van der Waals surface area contributed by atoms with Crippen LogP contribution < -0.4 is 10.3 Å². The first-order valence-corrected chi connectivity index (χ1v) is 4.56. The minimum atomic E-state index is 0.881. The van der Waals surface area contributed by atoms with E-state index in [2.05, 4.69) is 23.7 Å². The Morgan fingerprint density at radius 3 is 2.93 bits per heavy atom. The fourth-order valence-corrected chi connectivity index (χ4v) is 1.75. The maximum atomic E-state index is 5.29. The first kappa shape index (κ1) is 7.44. The van der Waals surface area contributed by atoms with Crippen molar-refractivity contribution in [3.05, 3.63) is 48.2 Å². The molecule has 0 saturated heterocycles. The van der Waals surface area contributed by atoms with E-state index in [1.165, 1.54) is 10.8 Å². The number of benzene rings is 2. The molecular weight excluding hydrogens is 174 g/mol. The van der Waals surface area contributed by atoms with Gasteiger partial charge in [-0.2, -0.15) is 0 Å². The first-order valence-electron chi connectivity index (χ1n) is 4.56. The number of hydroxylamine groups is 1. The van der Waals surface area contributed by atoms with Gasteiger partial charge in [-0.05, 0) is 22.9 Å². The van der Waals surface area contributed by atoms with Crippen LogP contribution in [0.5, 0.6) is 5.75 Å². The smallest absolute Gasteiger partial charge is 0.162 e. The second-order valence-electron chi connectivity index (χ2n) is 3.25. The number of hydrogen-bond acceptors (Lipinski definition) is 2. The predicted octanol–water partition coefficient (Wildman–Crippen LogP) is 2.71. The molecule has 0 aliphatic carbocycles. The third-order valence-electron chi connectivity index (χ3n) is 2.42. The Morgan fingerprint density at radius 1 is 1.00 bits per heavy atom. The molecule has 14 heavy (non-hydrogen) atoms. The summed E-state index contributed by atoms with van der Waals surface area (Å²) in [6.07, 6.45) is 3.83. The quantitative estimate of drug-likeness (QED) is 0.678. The van der Waals surface area contributed by atoms with Crippen molar-refractivity contribution >= 4 is 16.8 Å². The van der Waals surface area contributed by atoms with E-state index < -0.39 is 0 Å². The molecule has 2 nitrogen and oxygen atoms in total. The molecule has 2 aromatic carbocycles. The van der Waals surface area contributed by atoms with Gasteiger partial charge in [-0.15, -0.1) is 0 Å². The minimum absolute atomic E-state index is 0.881. The van der Waals surface area contributed by atoms with Crippen molar-refractivity contribution in [2.75, 3.05) is 0 Å². The predicted molar refractivity (Wildman–Crippen MR) is 56.7 cm³/mol. The fourth-order valence-electron chi connectivity index (χ4n) is 1.75. The van der Waals surface area contributed by atoms with Gasteiger partial charge >= 0.3 is 0 Å². The lowest BCUT2D eigenvalue weighted by Crippen LogP contribution is -2.14. The molecule has 1 aliphatic heterocycles. The van der Waals surface area contributed by atoms with Gasteiger partial charge in [-0.3, -0.25) is 0 Å². The van der Waals surface area contributed by atoms with Crippen molar-refractivity contribution in [2.45, 2.75) is 0 Å². The summed E-state index contributed by atoms with van der Waals surface area (Å²) in [7, 11) is 0. The molecule has 0 unspecified atom stereocenters. The molecule has 0 atom stereocenters. The first-order chi connectivity index (χ1) is 6.95. The molecule has 0 bridgehead atoms. The van der Waals surface area contributed by atoms with Crippen molar-refractivity contribution in [3.8, 4) is 5.75 Å². The lowest BCUT2D eigenvalue weighted by Gasteiger charge is -2.14. The summed E-state index contributed by atoms with van der Waals surface area (Å²) in [6, 6.07) is 12.3. The van der Waals surface area contributed by atoms with E-state index in [1.807, 2.05) is 24.3 Å². The standard InChI is InChI=1S/C12H9NO/c1-2-4-10-9(3-1)5-6-12-11(10)7-8-13-14-12/h1-8,13H. The third kappa shape index (κ3) is 0.973. The molecule has 0 amide bonds. The van der Waals surface area contributed by atoms with Crippen LogP contribution in [-0.4, -0.2) is 0 Å². The van der Waals surface area contributed by atoms with Crippen LogP contribution in [0.4, 0.5) is 0 Å². The maximum Gasteiger partial charge on any atom is 0.162 e. The number of fused-ring (bicyclic) bond motifs is 3. The molecule has 2 aromatic rings. The van der Waals surface area contributed by atoms with E-state index in [0.29, 0.717) is 0 Å². The van der Waals surface area contributed by atoms with Crippen LogP contribution >= 0.6 is 0 Å². The van der Waals surface area contributed by atoms with Crippen LogP contribution in [0, 0.1) is 0 Å². The van der Waals surface area contributed by atoms with Crippen molar-refractivity contribution < 1.29 is 4.84 Å². The molecular formula is C12H9NO. The van der Waals surface area contributed by atoms with Crippen molar-refractivity contribution in [1.29, 1.82) is 0 Å². The molecule has 1 heterocycles. The monoisotopic (exact) mass is 183 g/mol. The summed E-state index contributed by atoms with van der Waals surface area (Å²) >= 11 is 0. The van der Waals surface area contributed by atoms with Gasteiger partial charge in [0.1, 0.15) is 0 Å². The highest BCUT2D eigenvalue weighted by Gasteiger charge is 2.08. The average molecular weight is 183 g/mol. The van der Waals surface area contributed by atoms with Crippen LogP contribution in [0.2, 0.25) is 0 Å². The number of rotatable bonds is 0. The minimum Gasteiger partial charge on any atom is -0.382 e. The molecule has 1 N–H and O–H groups in total. The van der Waals surface area contributed by atoms with Gasteiger partial charge in [0.05, 0.1) is 0 Å². The van der Waals surface area contributed by atoms with E-state index in [0.717, 1.165) is 11.3 Å². The Kier molecular flexibility index (Phi) is 1.47. The van der Waals surface area contributed by atoms with Gasteiger partial charge in [0.15, 0.2) is 5.75 Å². The summed E-state index contributed by atoms with van der Waals surface area (Å²) < 4.78 is 0. The number of nitrogens with one attached hydrogen (secondary N) is 1. The van der Waals surface area contributed by atoms with Crippen molar-refractivity contribution in [2.24, 2.45) is 0 Å². The molecule has 0 radical (unpaired) electrons. The van der Waals surface area contributed by atoms with Gasteiger partial charge in [0, 0.05) is 11.8 Å². The van der Waals surface area contributed by atoms with Crippen LogP contribution in [0.1, 0.15) is 5.56 Å². The van der Waals surface area contributed by atoms with E-state index in [1.54, 1.807) is 6.20 Å². The van der Waals surface area contributed by atoms with E-state index >= 15 is 0 Å². The lowest BCUT2D eigenvalue weighted by molar-refractivity contribution is 0.239. The van der Waals surface area contributed by atoms with Gasteiger partial charge in [-0.1, -0.05) is 30.3 Å². The van der Waals surface area contributed by atoms with Crippen LogP contribution in [0.25, 0.3) is 16.8 Å². The Labute approximate surface area is 81.8 Å². The van der Waals surface area contributed by atoms with E-state index in [4.69, 9.17) is 4.84 Å². The molecule has 0 saturated carbocycles. The summed E-state index contributed by atoms with van der Waals surface area (Å²) in [4.78, 5) is 5.29. The summed E-state index contributed by atoms with van der Waals surface area (Å²) in [5.41, 5.74) is 3.87. The van der Waals surface area contributed by atoms with Gasteiger partial charge < -0.3 is 4.84 Å². The van der Waals surface area contributed by atoms with Gasteiger partial charge in [0.2, 0.25) is 0 Å². The van der Waals surface area contributed by atoms with Crippen LogP contribution in [0.3, 0.4) is 0 Å². The largest absolute Gasteiger partial charge is 0.382 e. The highest BCUT2D eigenvalue weighted by molar-refractivity contribution is 5.93. The van der Waals surface area contributed by atoms with E-state index in [9.17, 15) is 0 Å². The molecule has 1 aliphatic rings. The Hall–Kier alpha value is -1.96. The molecule has 0 aromatic heterocycles. The molecule has 0 spiro atoms. The second-order valence-corrected chi connectivity index (χ2v) is 3.25. The van der Waals surface area contributed by atoms with Crippen LogP contribution in [0.15, 0.2) is 42.6 Å². The summed E-state index contributed by atoms with van der Waals surface area (Å²) in [5, 5.41) is 2.46. The molecule has 0 fully saturated rings. The lowest BCUT2D eigenvalue weighted by atomic mass is 10.0. The van der Waals surface area contributed by atoms with Crippen molar-refractivity contribution in [3.63, 3.8) is 0 Å². The van der Waals surface area contributed by atoms with Gasteiger partial charge in [0.25, 0.3) is 0 Å². The Balaban J connectivity index is 2.42. The normalized spacial score (nSPS) is 13.1. The van der Waals surface area contributed by atoms with Gasteiger partial charge in [-0.25, -0.2) is 5.48 Å². The highest BCUT2D eigenvalue weighted by Crippen LogP contribution is 2.30.